The average Bonchev–Trinajstić information content (AvgIpc) is 2.46. The highest BCUT2D eigenvalue weighted by atomic mass is 79.9. The number of fused-ring (bicyclic) bond motifs is 1. The molecule has 1 fully saturated rings. The van der Waals surface area contributed by atoms with Gasteiger partial charge in [-0.1, -0.05) is 15.9 Å². The maximum atomic E-state index is 12.8. The number of likely N-dealkylation sites (tertiary alicyclic amines) is 1. The highest BCUT2D eigenvalue weighted by molar-refractivity contribution is 9.10. The summed E-state index contributed by atoms with van der Waals surface area (Å²) in [6.45, 7) is 4.07. The smallest absolute Gasteiger partial charge is 0.349 e. The molecule has 1 aliphatic heterocycles. The third-order valence-corrected chi connectivity index (χ3v) is 4.85. The van der Waals surface area contributed by atoms with Gasteiger partial charge in [-0.25, -0.2) is 4.79 Å². The van der Waals surface area contributed by atoms with Gasteiger partial charge in [-0.2, -0.15) is 0 Å². The standard InChI is InChI=1S/C17H18BrNO3/c1-10-4-3-5-11(2)19(10)16(20)14-9-12-8-13(18)6-7-15(12)22-17(14)21/h6-11H,3-5H2,1-2H3. The fourth-order valence-electron chi connectivity index (χ4n) is 3.20. The highest BCUT2D eigenvalue weighted by Gasteiger charge is 2.31. The zero-order chi connectivity index (χ0) is 15.9. The van der Waals surface area contributed by atoms with E-state index in [-0.39, 0.29) is 23.6 Å². The van der Waals surface area contributed by atoms with Gasteiger partial charge in [0.2, 0.25) is 0 Å². The van der Waals surface area contributed by atoms with E-state index in [1.807, 2.05) is 30.9 Å². The average molecular weight is 364 g/mol. The van der Waals surface area contributed by atoms with Crippen molar-refractivity contribution in [2.45, 2.75) is 45.2 Å². The number of hydrogen-bond donors (Lipinski definition) is 0. The Morgan fingerprint density at radius 3 is 2.59 bits per heavy atom. The van der Waals surface area contributed by atoms with Crippen LogP contribution in [0.4, 0.5) is 0 Å². The molecule has 1 aromatic heterocycles. The number of hydrogen-bond acceptors (Lipinski definition) is 3. The van der Waals surface area contributed by atoms with E-state index in [2.05, 4.69) is 15.9 Å². The number of nitrogens with zero attached hydrogens (tertiary/aromatic N) is 1. The molecule has 0 radical (unpaired) electrons. The monoisotopic (exact) mass is 363 g/mol. The third-order valence-electron chi connectivity index (χ3n) is 4.35. The minimum atomic E-state index is -0.565. The van der Waals surface area contributed by atoms with Crippen molar-refractivity contribution in [1.29, 1.82) is 0 Å². The second-order valence-corrected chi connectivity index (χ2v) is 6.89. The Labute approximate surface area is 137 Å². The van der Waals surface area contributed by atoms with Crippen molar-refractivity contribution < 1.29 is 9.21 Å². The van der Waals surface area contributed by atoms with E-state index >= 15 is 0 Å². The van der Waals surface area contributed by atoms with Crippen LogP contribution >= 0.6 is 15.9 Å². The fourth-order valence-corrected chi connectivity index (χ4v) is 3.58. The fraction of sp³-hybridized carbons (Fsp3) is 0.412. The van der Waals surface area contributed by atoms with Gasteiger partial charge in [-0.15, -0.1) is 0 Å². The Morgan fingerprint density at radius 2 is 1.91 bits per heavy atom. The second kappa shape index (κ2) is 5.88. The van der Waals surface area contributed by atoms with Crippen molar-refractivity contribution in [3.05, 3.63) is 44.7 Å². The first-order chi connectivity index (χ1) is 10.5. The molecule has 0 N–H and O–H groups in total. The molecule has 1 aromatic carbocycles. The zero-order valence-electron chi connectivity index (χ0n) is 12.6. The number of rotatable bonds is 1. The quantitative estimate of drug-likeness (QED) is 0.720. The molecule has 0 bridgehead atoms. The summed E-state index contributed by atoms with van der Waals surface area (Å²) >= 11 is 3.39. The van der Waals surface area contributed by atoms with Crippen LogP contribution < -0.4 is 5.63 Å². The van der Waals surface area contributed by atoms with E-state index in [9.17, 15) is 9.59 Å². The van der Waals surface area contributed by atoms with Crippen LogP contribution in [0.25, 0.3) is 11.0 Å². The van der Waals surface area contributed by atoms with Crippen LogP contribution in [0.1, 0.15) is 43.5 Å². The highest BCUT2D eigenvalue weighted by Crippen LogP contribution is 2.25. The molecule has 0 saturated carbocycles. The van der Waals surface area contributed by atoms with E-state index in [4.69, 9.17) is 4.42 Å². The maximum absolute atomic E-state index is 12.8. The summed E-state index contributed by atoms with van der Waals surface area (Å²) in [7, 11) is 0. The Morgan fingerprint density at radius 1 is 1.23 bits per heavy atom. The first-order valence-corrected chi connectivity index (χ1v) is 8.33. The number of halogens is 1. The van der Waals surface area contributed by atoms with Crippen molar-refractivity contribution in [2.75, 3.05) is 0 Å². The molecule has 0 spiro atoms. The van der Waals surface area contributed by atoms with Gasteiger partial charge in [-0.05, 0) is 57.4 Å². The summed E-state index contributed by atoms with van der Waals surface area (Å²) < 4.78 is 6.19. The number of piperidine rings is 1. The van der Waals surface area contributed by atoms with Gasteiger partial charge in [0, 0.05) is 21.9 Å². The number of carbonyl (C=O) groups is 1. The summed E-state index contributed by atoms with van der Waals surface area (Å²) in [6.07, 6.45) is 3.06. The van der Waals surface area contributed by atoms with Crippen molar-refractivity contribution in [3.63, 3.8) is 0 Å². The predicted molar refractivity (Wildman–Crippen MR) is 89.1 cm³/mol. The second-order valence-electron chi connectivity index (χ2n) is 5.97. The van der Waals surface area contributed by atoms with E-state index in [0.29, 0.717) is 5.58 Å². The Balaban J connectivity index is 2.06. The molecule has 1 saturated heterocycles. The molecule has 116 valence electrons. The van der Waals surface area contributed by atoms with Crippen LogP contribution in [0.15, 0.2) is 37.9 Å². The molecule has 0 aliphatic carbocycles. The first kappa shape index (κ1) is 15.3. The van der Waals surface area contributed by atoms with E-state index in [0.717, 1.165) is 29.1 Å². The molecule has 1 amide bonds. The Bertz CT molecular complexity index is 773. The molecule has 2 atom stereocenters. The van der Waals surface area contributed by atoms with Gasteiger partial charge >= 0.3 is 5.63 Å². The van der Waals surface area contributed by atoms with Crippen molar-refractivity contribution >= 4 is 32.8 Å². The normalized spacial score (nSPS) is 22.0. The van der Waals surface area contributed by atoms with Crippen molar-refractivity contribution in [1.82, 2.24) is 4.90 Å². The van der Waals surface area contributed by atoms with Crippen LogP contribution in [0.5, 0.6) is 0 Å². The minimum Gasteiger partial charge on any atom is -0.422 e. The van der Waals surface area contributed by atoms with Gasteiger partial charge in [0.1, 0.15) is 11.1 Å². The van der Waals surface area contributed by atoms with E-state index in [1.165, 1.54) is 0 Å². The molecule has 2 unspecified atom stereocenters. The van der Waals surface area contributed by atoms with Crippen LogP contribution in [-0.2, 0) is 0 Å². The van der Waals surface area contributed by atoms with Gasteiger partial charge < -0.3 is 9.32 Å². The third kappa shape index (κ3) is 2.70. The summed E-state index contributed by atoms with van der Waals surface area (Å²) in [5.74, 6) is -0.227. The summed E-state index contributed by atoms with van der Waals surface area (Å²) in [4.78, 5) is 26.8. The molecule has 5 heteroatoms. The van der Waals surface area contributed by atoms with Gasteiger partial charge in [0.05, 0.1) is 0 Å². The number of benzene rings is 1. The van der Waals surface area contributed by atoms with Crippen LogP contribution in [0.2, 0.25) is 0 Å². The molecular formula is C17H18BrNO3. The molecule has 4 nitrogen and oxygen atoms in total. The minimum absolute atomic E-state index is 0.117. The number of amides is 1. The van der Waals surface area contributed by atoms with Gasteiger partial charge in [-0.3, -0.25) is 4.79 Å². The zero-order valence-corrected chi connectivity index (χ0v) is 14.2. The molecule has 2 heterocycles. The summed E-state index contributed by atoms with van der Waals surface area (Å²) in [6, 6.07) is 7.31. The van der Waals surface area contributed by atoms with Crippen LogP contribution in [0, 0.1) is 0 Å². The topological polar surface area (TPSA) is 50.5 Å². The maximum Gasteiger partial charge on any atom is 0.349 e. The molecule has 3 rings (SSSR count). The Kier molecular flexibility index (Phi) is 4.08. The molecule has 2 aromatic rings. The van der Waals surface area contributed by atoms with Crippen LogP contribution in [0.3, 0.4) is 0 Å². The summed E-state index contributed by atoms with van der Waals surface area (Å²) in [5.41, 5.74) is 0.0421. The number of carbonyl (C=O) groups excluding carboxylic acids is 1. The Hall–Kier alpha value is -1.62. The van der Waals surface area contributed by atoms with Gasteiger partial charge in [0.25, 0.3) is 5.91 Å². The first-order valence-electron chi connectivity index (χ1n) is 7.53. The largest absolute Gasteiger partial charge is 0.422 e. The molecular weight excluding hydrogens is 346 g/mol. The van der Waals surface area contributed by atoms with Crippen molar-refractivity contribution in [2.24, 2.45) is 0 Å². The van der Waals surface area contributed by atoms with E-state index in [1.54, 1.807) is 12.1 Å². The van der Waals surface area contributed by atoms with Crippen molar-refractivity contribution in [3.8, 4) is 0 Å². The SMILES string of the molecule is CC1CCCC(C)N1C(=O)c1cc2cc(Br)ccc2oc1=O. The summed E-state index contributed by atoms with van der Waals surface area (Å²) in [5, 5.41) is 0.745. The van der Waals surface area contributed by atoms with E-state index < -0.39 is 5.63 Å². The van der Waals surface area contributed by atoms with Gasteiger partial charge in [0.15, 0.2) is 0 Å². The predicted octanol–water partition coefficient (Wildman–Crippen LogP) is 3.96. The lowest BCUT2D eigenvalue weighted by Gasteiger charge is -2.38. The lowest BCUT2D eigenvalue weighted by atomic mass is 9.96. The lowest BCUT2D eigenvalue weighted by Crippen LogP contribution is -2.48. The lowest BCUT2D eigenvalue weighted by molar-refractivity contribution is 0.0506. The molecule has 1 aliphatic rings. The molecule has 22 heavy (non-hydrogen) atoms. The van der Waals surface area contributed by atoms with Crippen LogP contribution in [-0.4, -0.2) is 22.9 Å².